The Balaban J connectivity index is 1.52. The highest BCUT2D eigenvalue weighted by Gasteiger charge is 2.15. The van der Waals surface area contributed by atoms with Gasteiger partial charge in [0, 0.05) is 31.5 Å². The van der Waals surface area contributed by atoms with E-state index in [4.69, 9.17) is 4.74 Å². The van der Waals surface area contributed by atoms with E-state index in [1.54, 1.807) is 12.0 Å². The molecule has 0 atom stereocenters. The van der Waals surface area contributed by atoms with Gasteiger partial charge in [0.25, 0.3) is 0 Å². The van der Waals surface area contributed by atoms with Crippen LogP contribution in [-0.4, -0.2) is 47.1 Å². The van der Waals surface area contributed by atoms with E-state index < -0.39 is 0 Å². The first kappa shape index (κ1) is 22.4. The predicted molar refractivity (Wildman–Crippen MR) is 122 cm³/mol. The number of nitrogens with one attached hydrogen (secondary N) is 1. The molecule has 7 nitrogen and oxygen atoms in total. The second kappa shape index (κ2) is 11.2. The van der Waals surface area contributed by atoms with Crippen LogP contribution in [0.3, 0.4) is 0 Å². The summed E-state index contributed by atoms with van der Waals surface area (Å²) in [5.41, 5.74) is 2.07. The summed E-state index contributed by atoms with van der Waals surface area (Å²) in [6.45, 7) is 2.79. The SMILES string of the molecule is CCC(=O)N(CCC(=O)Nc1nnc(-c2ccc(OC)cc2)s1)CCc1ccccc1. The molecule has 0 spiro atoms. The maximum Gasteiger partial charge on any atom is 0.227 e. The zero-order chi connectivity index (χ0) is 22.1. The van der Waals surface area contributed by atoms with E-state index >= 15 is 0 Å². The Morgan fingerprint density at radius 3 is 2.45 bits per heavy atom. The number of ether oxygens (including phenoxy) is 1. The number of anilines is 1. The van der Waals surface area contributed by atoms with Gasteiger partial charge in [-0.2, -0.15) is 0 Å². The van der Waals surface area contributed by atoms with Crippen LogP contribution in [0.4, 0.5) is 5.13 Å². The minimum Gasteiger partial charge on any atom is -0.497 e. The van der Waals surface area contributed by atoms with Crippen LogP contribution in [0, 0.1) is 0 Å². The quantitative estimate of drug-likeness (QED) is 0.517. The predicted octanol–water partition coefficient (Wildman–Crippen LogP) is 4.02. The summed E-state index contributed by atoms with van der Waals surface area (Å²) < 4.78 is 5.16. The van der Waals surface area contributed by atoms with Crippen LogP contribution in [0.2, 0.25) is 0 Å². The summed E-state index contributed by atoms with van der Waals surface area (Å²) in [7, 11) is 1.62. The molecule has 0 saturated carbocycles. The summed E-state index contributed by atoms with van der Waals surface area (Å²) in [5.74, 6) is 0.618. The van der Waals surface area contributed by atoms with Crippen LogP contribution < -0.4 is 10.1 Å². The minimum atomic E-state index is -0.189. The van der Waals surface area contributed by atoms with Crippen LogP contribution in [0.1, 0.15) is 25.3 Å². The van der Waals surface area contributed by atoms with Gasteiger partial charge in [0.05, 0.1) is 7.11 Å². The minimum absolute atomic E-state index is 0.0430. The Bertz CT molecular complexity index is 990. The maximum absolute atomic E-state index is 12.4. The molecule has 0 aliphatic heterocycles. The third-order valence-corrected chi connectivity index (χ3v) is 5.67. The Labute approximate surface area is 186 Å². The summed E-state index contributed by atoms with van der Waals surface area (Å²) >= 11 is 1.30. The highest BCUT2D eigenvalue weighted by molar-refractivity contribution is 7.18. The average molecular weight is 439 g/mol. The molecule has 0 unspecified atom stereocenters. The number of benzene rings is 2. The second-order valence-corrected chi connectivity index (χ2v) is 7.89. The van der Waals surface area contributed by atoms with Crippen LogP contribution in [-0.2, 0) is 16.0 Å². The van der Waals surface area contributed by atoms with Crippen molar-refractivity contribution in [3.8, 4) is 16.3 Å². The standard InChI is InChI=1S/C23H26N4O3S/c1-3-21(29)27(15-13-17-7-5-4-6-8-17)16-14-20(28)24-23-26-25-22(31-23)18-9-11-19(30-2)12-10-18/h4-12H,3,13-16H2,1-2H3,(H,24,26,28). The van der Waals surface area contributed by atoms with Gasteiger partial charge in [0.1, 0.15) is 10.8 Å². The molecule has 1 heterocycles. The molecule has 0 aliphatic carbocycles. The molecular weight excluding hydrogens is 412 g/mol. The third kappa shape index (κ3) is 6.62. The van der Waals surface area contributed by atoms with Crippen molar-refractivity contribution in [2.24, 2.45) is 0 Å². The molecule has 162 valence electrons. The Kier molecular flexibility index (Phi) is 8.12. The molecule has 0 saturated heterocycles. The van der Waals surface area contributed by atoms with Crippen LogP contribution in [0.15, 0.2) is 54.6 Å². The first-order valence-electron chi connectivity index (χ1n) is 10.2. The fourth-order valence-electron chi connectivity index (χ4n) is 3.04. The van der Waals surface area contributed by atoms with Gasteiger partial charge in [0.2, 0.25) is 16.9 Å². The second-order valence-electron chi connectivity index (χ2n) is 6.91. The Hall–Kier alpha value is -3.26. The molecule has 1 N–H and O–H groups in total. The number of methoxy groups -OCH3 is 1. The third-order valence-electron chi connectivity index (χ3n) is 4.79. The van der Waals surface area contributed by atoms with E-state index in [2.05, 4.69) is 15.5 Å². The number of carbonyl (C=O) groups is 2. The van der Waals surface area contributed by atoms with Gasteiger partial charge in [-0.15, -0.1) is 10.2 Å². The molecule has 3 aromatic rings. The van der Waals surface area contributed by atoms with Crippen LogP contribution in [0.25, 0.3) is 10.6 Å². The summed E-state index contributed by atoms with van der Waals surface area (Å²) in [5, 5.41) is 12.1. The summed E-state index contributed by atoms with van der Waals surface area (Å²) in [6, 6.07) is 17.5. The first-order chi connectivity index (χ1) is 15.1. The van der Waals surface area contributed by atoms with Crippen molar-refractivity contribution in [1.29, 1.82) is 0 Å². The number of rotatable bonds is 10. The lowest BCUT2D eigenvalue weighted by Gasteiger charge is -2.22. The largest absolute Gasteiger partial charge is 0.497 e. The average Bonchev–Trinajstić information content (AvgIpc) is 3.27. The molecule has 3 rings (SSSR count). The summed E-state index contributed by atoms with van der Waals surface area (Å²) in [6.07, 6.45) is 1.38. The van der Waals surface area contributed by atoms with Crippen LogP contribution in [0.5, 0.6) is 5.75 Å². The van der Waals surface area contributed by atoms with E-state index in [-0.39, 0.29) is 18.2 Å². The molecular formula is C23H26N4O3S. The van der Waals surface area contributed by atoms with Gasteiger partial charge in [-0.3, -0.25) is 9.59 Å². The van der Waals surface area contributed by atoms with Crippen molar-refractivity contribution in [3.63, 3.8) is 0 Å². The maximum atomic E-state index is 12.4. The van der Waals surface area contributed by atoms with Gasteiger partial charge < -0.3 is 15.0 Å². The van der Waals surface area contributed by atoms with Crippen molar-refractivity contribution >= 4 is 28.3 Å². The van der Waals surface area contributed by atoms with Crippen molar-refractivity contribution in [2.45, 2.75) is 26.2 Å². The van der Waals surface area contributed by atoms with E-state index in [0.717, 1.165) is 17.7 Å². The topological polar surface area (TPSA) is 84.4 Å². The van der Waals surface area contributed by atoms with Crippen LogP contribution >= 0.6 is 11.3 Å². The number of hydrogen-bond donors (Lipinski definition) is 1. The molecule has 31 heavy (non-hydrogen) atoms. The Morgan fingerprint density at radius 2 is 1.77 bits per heavy atom. The number of amides is 2. The van der Waals surface area contributed by atoms with Crippen molar-refractivity contribution in [2.75, 3.05) is 25.5 Å². The van der Waals surface area contributed by atoms with Crippen molar-refractivity contribution < 1.29 is 14.3 Å². The highest BCUT2D eigenvalue weighted by atomic mass is 32.1. The van der Waals surface area contributed by atoms with E-state index in [1.165, 1.54) is 16.9 Å². The fraction of sp³-hybridized carbons (Fsp3) is 0.304. The van der Waals surface area contributed by atoms with E-state index in [9.17, 15) is 9.59 Å². The number of carbonyl (C=O) groups excluding carboxylic acids is 2. The highest BCUT2D eigenvalue weighted by Crippen LogP contribution is 2.27. The molecule has 1 aromatic heterocycles. The van der Waals surface area contributed by atoms with Crippen molar-refractivity contribution in [1.82, 2.24) is 15.1 Å². The molecule has 2 amide bonds. The number of hydrogen-bond acceptors (Lipinski definition) is 6. The fourth-order valence-corrected chi connectivity index (χ4v) is 3.80. The normalized spacial score (nSPS) is 10.5. The molecule has 0 fully saturated rings. The Morgan fingerprint density at radius 1 is 1.03 bits per heavy atom. The molecule has 2 aromatic carbocycles. The van der Waals surface area contributed by atoms with Crippen molar-refractivity contribution in [3.05, 3.63) is 60.2 Å². The van der Waals surface area contributed by atoms with Gasteiger partial charge >= 0.3 is 0 Å². The molecule has 0 aliphatic rings. The lowest BCUT2D eigenvalue weighted by atomic mass is 10.1. The van der Waals surface area contributed by atoms with Gasteiger partial charge in [0.15, 0.2) is 0 Å². The lowest BCUT2D eigenvalue weighted by Crippen LogP contribution is -2.35. The lowest BCUT2D eigenvalue weighted by molar-refractivity contribution is -0.131. The van der Waals surface area contributed by atoms with Gasteiger partial charge in [-0.25, -0.2) is 0 Å². The molecule has 0 bridgehead atoms. The number of aromatic nitrogens is 2. The number of nitrogens with zero attached hydrogens (tertiary/aromatic N) is 3. The van der Waals surface area contributed by atoms with E-state index in [0.29, 0.717) is 29.6 Å². The molecule has 0 radical (unpaired) electrons. The van der Waals surface area contributed by atoms with Gasteiger partial charge in [-0.1, -0.05) is 48.6 Å². The monoisotopic (exact) mass is 438 g/mol. The van der Waals surface area contributed by atoms with E-state index in [1.807, 2.05) is 61.5 Å². The zero-order valence-corrected chi connectivity index (χ0v) is 18.5. The molecule has 8 heteroatoms. The summed E-state index contributed by atoms with van der Waals surface area (Å²) in [4.78, 5) is 26.4. The first-order valence-corrected chi connectivity index (χ1v) is 11.0. The zero-order valence-electron chi connectivity index (χ0n) is 17.7. The smallest absolute Gasteiger partial charge is 0.227 e. The van der Waals surface area contributed by atoms with Gasteiger partial charge in [-0.05, 0) is 36.2 Å².